The van der Waals surface area contributed by atoms with Gasteiger partial charge in [-0.1, -0.05) is 6.07 Å². The van der Waals surface area contributed by atoms with Crippen molar-refractivity contribution in [1.29, 1.82) is 5.26 Å². The van der Waals surface area contributed by atoms with Crippen molar-refractivity contribution in [3.8, 4) is 17.3 Å². The van der Waals surface area contributed by atoms with E-state index in [0.717, 1.165) is 36.9 Å². The zero-order valence-electron chi connectivity index (χ0n) is 19.2. The molecule has 35 heavy (non-hydrogen) atoms. The molecule has 0 radical (unpaired) electrons. The van der Waals surface area contributed by atoms with E-state index in [0.29, 0.717) is 31.6 Å². The Morgan fingerprint density at radius 3 is 2.66 bits per heavy atom. The summed E-state index contributed by atoms with van der Waals surface area (Å²) in [6.45, 7) is 0.775. The topological polar surface area (TPSA) is 138 Å². The van der Waals surface area contributed by atoms with Gasteiger partial charge in [-0.3, -0.25) is 14.8 Å². The first-order valence-corrected chi connectivity index (χ1v) is 13.5. The van der Waals surface area contributed by atoms with Gasteiger partial charge in [-0.2, -0.15) is 15.3 Å². The zero-order chi connectivity index (χ0) is 24.2. The van der Waals surface area contributed by atoms with Gasteiger partial charge in [0, 0.05) is 30.8 Å². The Labute approximate surface area is 202 Å². The number of carbonyl (C=O) groups is 1. The lowest BCUT2D eigenvalue weighted by Gasteiger charge is -2.40. The predicted molar refractivity (Wildman–Crippen MR) is 127 cm³/mol. The van der Waals surface area contributed by atoms with E-state index in [2.05, 4.69) is 26.6 Å². The summed E-state index contributed by atoms with van der Waals surface area (Å²) in [7, 11) is -3.23. The third-order valence-corrected chi connectivity index (χ3v) is 9.67. The summed E-state index contributed by atoms with van der Waals surface area (Å²) in [5.74, 6) is 0.275. The SMILES string of the molecule is N#CCC1(n2cc(-c3cccc4nc(NC(=O)C5CC5)nn34)cn2)CCN(S(=O)(=O)C2CC2)CC1. The molecule has 3 aromatic rings. The summed E-state index contributed by atoms with van der Waals surface area (Å²) in [6, 6.07) is 7.87. The van der Waals surface area contributed by atoms with Crippen LogP contribution in [0.1, 0.15) is 44.9 Å². The van der Waals surface area contributed by atoms with Crippen LogP contribution in [0.2, 0.25) is 0 Å². The highest BCUT2D eigenvalue weighted by atomic mass is 32.2. The third kappa shape index (κ3) is 3.98. The fourth-order valence-electron chi connectivity index (χ4n) is 4.82. The first-order chi connectivity index (χ1) is 16.9. The van der Waals surface area contributed by atoms with Crippen LogP contribution >= 0.6 is 0 Å². The number of amides is 1. The highest BCUT2D eigenvalue weighted by molar-refractivity contribution is 7.90. The molecule has 1 saturated heterocycles. The van der Waals surface area contributed by atoms with Gasteiger partial charge in [0.1, 0.15) is 0 Å². The standard InChI is InChI=1S/C23H26N8O3S/c24-11-8-23(9-12-29(13-10-23)35(33,34)18-6-7-18)30-15-17(14-25-30)19-2-1-3-20-26-22(28-31(19)20)27-21(32)16-4-5-16/h1-3,14-16,18H,4-10,12-13H2,(H,27,28,32). The Bertz CT molecular complexity index is 1440. The van der Waals surface area contributed by atoms with Gasteiger partial charge in [-0.25, -0.2) is 17.2 Å². The molecule has 0 aromatic carbocycles. The number of piperidine rings is 1. The van der Waals surface area contributed by atoms with Gasteiger partial charge in [-0.15, -0.1) is 5.10 Å². The van der Waals surface area contributed by atoms with Crippen LogP contribution in [0.4, 0.5) is 5.95 Å². The number of fused-ring (bicyclic) bond motifs is 1. The molecule has 0 atom stereocenters. The van der Waals surface area contributed by atoms with Gasteiger partial charge >= 0.3 is 0 Å². The van der Waals surface area contributed by atoms with E-state index in [1.807, 2.05) is 29.1 Å². The van der Waals surface area contributed by atoms with Crippen molar-refractivity contribution in [3.05, 3.63) is 30.6 Å². The molecular weight excluding hydrogens is 468 g/mol. The maximum Gasteiger partial charge on any atom is 0.249 e. The van der Waals surface area contributed by atoms with Gasteiger partial charge in [0.15, 0.2) is 5.65 Å². The van der Waals surface area contributed by atoms with Gasteiger partial charge in [0.2, 0.25) is 21.9 Å². The summed E-state index contributed by atoms with van der Waals surface area (Å²) < 4.78 is 30.4. The number of rotatable bonds is 7. The number of aromatic nitrogens is 5. The van der Waals surface area contributed by atoms with E-state index in [1.165, 1.54) is 0 Å². The number of pyridine rings is 1. The Balaban J connectivity index is 1.27. The van der Waals surface area contributed by atoms with Crippen LogP contribution in [-0.2, 0) is 20.4 Å². The van der Waals surface area contributed by atoms with Crippen LogP contribution in [0, 0.1) is 17.2 Å². The number of sulfonamides is 1. The van der Waals surface area contributed by atoms with Crippen LogP contribution in [0.25, 0.3) is 16.9 Å². The van der Waals surface area contributed by atoms with Crippen LogP contribution < -0.4 is 5.32 Å². The van der Waals surface area contributed by atoms with Gasteiger partial charge in [0.25, 0.3) is 0 Å². The summed E-state index contributed by atoms with van der Waals surface area (Å²) >= 11 is 0. The zero-order valence-corrected chi connectivity index (χ0v) is 20.0. The van der Waals surface area contributed by atoms with Crippen molar-refractivity contribution in [3.63, 3.8) is 0 Å². The molecule has 11 nitrogen and oxygen atoms in total. The molecule has 4 heterocycles. The summed E-state index contributed by atoms with van der Waals surface area (Å²) in [6.07, 6.45) is 8.20. The van der Waals surface area contributed by atoms with E-state index in [-0.39, 0.29) is 29.4 Å². The fraction of sp³-hybridized carbons (Fsp3) is 0.522. The highest BCUT2D eigenvalue weighted by Gasteiger charge is 2.45. The fourth-order valence-corrected chi connectivity index (χ4v) is 6.66. The molecule has 3 aromatic heterocycles. The molecule has 0 unspecified atom stereocenters. The molecule has 0 bridgehead atoms. The maximum atomic E-state index is 12.7. The maximum absolute atomic E-state index is 12.7. The number of nitriles is 1. The van der Waals surface area contributed by atoms with E-state index in [1.54, 1.807) is 15.0 Å². The molecule has 1 N–H and O–H groups in total. The van der Waals surface area contributed by atoms with Crippen molar-refractivity contribution >= 4 is 27.5 Å². The number of anilines is 1. The highest BCUT2D eigenvalue weighted by Crippen LogP contribution is 2.38. The summed E-state index contributed by atoms with van der Waals surface area (Å²) in [5.41, 5.74) is 1.59. The monoisotopic (exact) mass is 494 g/mol. The third-order valence-electron chi connectivity index (χ3n) is 7.27. The minimum Gasteiger partial charge on any atom is -0.293 e. The average molecular weight is 495 g/mol. The van der Waals surface area contributed by atoms with Crippen molar-refractivity contribution in [2.75, 3.05) is 18.4 Å². The molecule has 0 spiro atoms. The average Bonchev–Trinajstić information content (AvgIpc) is 3.78. The van der Waals surface area contributed by atoms with Crippen molar-refractivity contribution in [2.24, 2.45) is 5.92 Å². The molecule has 6 rings (SSSR count). The molecule has 2 aliphatic carbocycles. The van der Waals surface area contributed by atoms with Crippen molar-refractivity contribution < 1.29 is 13.2 Å². The molecule has 1 aliphatic heterocycles. The first-order valence-electron chi connectivity index (χ1n) is 12.0. The minimum absolute atomic E-state index is 0.0521. The number of carbonyl (C=O) groups excluding carboxylic acids is 1. The lowest BCUT2D eigenvalue weighted by Crippen LogP contribution is -2.48. The Hall–Kier alpha value is -3.30. The Kier molecular flexibility index (Phi) is 5.16. The molecular formula is C23H26N8O3S. The minimum atomic E-state index is -3.23. The number of hydrogen-bond acceptors (Lipinski definition) is 7. The number of nitrogens with one attached hydrogen (secondary N) is 1. The van der Waals surface area contributed by atoms with Gasteiger partial charge in [0.05, 0.1) is 35.2 Å². The van der Waals surface area contributed by atoms with Gasteiger partial charge < -0.3 is 0 Å². The molecule has 3 fully saturated rings. The summed E-state index contributed by atoms with van der Waals surface area (Å²) in [5, 5.41) is 21.2. The van der Waals surface area contributed by atoms with E-state index < -0.39 is 15.6 Å². The lowest BCUT2D eigenvalue weighted by atomic mass is 9.85. The van der Waals surface area contributed by atoms with E-state index in [9.17, 15) is 18.5 Å². The number of hydrogen-bond donors (Lipinski definition) is 1. The molecule has 2 saturated carbocycles. The van der Waals surface area contributed by atoms with Crippen molar-refractivity contribution in [1.82, 2.24) is 28.7 Å². The second kappa shape index (κ2) is 8.13. The van der Waals surface area contributed by atoms with Crippen molar-refractivity contribution in [2.45, 2.75) is 55.7 Å². The lowest BCUT2D eigenvalue weighted by molar-refractivity contribution is -0.117. The molecule has 3 aliphatic rings. The van der Waals surface area contributed by atoms with E-state index in [4.69, 9.17) is 0 Å². The second-order valence-electron chi connectivity index (χ2n) is 9.76. The first kappa shape index (κ1) is 22.2. The normalized spacial score (nSPS) is 20.5. The largest absolute Gasteiger partial charge is 0.293 e. The van der Waals surface area contributed by atoms with Gasteiger partial charge in [-0.05, 0) is 50.7 Å². The Morgan fingerprint density at radius 2 is 1.97 bits per heavy atom. The van der Waals surface area contributed by atoms with Crippen LogP contribution in [0.15, 0.2) is 30.6 Å². The molecule has 182 valence electrons. The van der Waals surface area contributed by atoms with E-state index >= 15 is 0 Å². The van der Waals surface area contributed by atoms with Crippen LogP contribution in [-0.4, -0.2) is 61.3 Å². The van der Waals surface area contributed by atoms with Crippen LogP contribution in [0.3, 0.4) is 0 Å². The smallest absolute Gasteiger partial charge is 0.249 e. The predicted octanol–water partition coefficient (Wildman–Crippen LogP) is 2.14. The number of nitrogens with zero attached hydrogens (tertiary/aromatic N) is 7. The van der Waals surface area contributed by atoms with Crippen LogP contribution in [0.5, 0.6) is 0 Å². The second-order valence-corrected chi connectivity index (χ2v) is 12.0. The quantitative estimate of drug-likeness (QED) is 0.531. The molecule has 1 amide bonds. The summed E-state index contributed by atoms with van der Waals surface area (Å²) in [4.78, 5) is 16.6. The molecule has 12 heteroatoms. The Morgan fingerprint density at radius 1 is 1.20 bits per heavy atom.